The number of rotatable bonds is 3. The zero-order valence-corrected chi connectivity index (χ0v) is 12.0. The smallest absolute Gasteiger partial charge is 0.251 e. The zero-order chi connectivity index (χ0) is 14.7. The van der Waals surface area contributed by atoms with Crippen molar-refractivity contribution in [3.8, 4) is 11.5 Å². The maximum Gasteiger partial charge on any atom is 0.251 e. The van der Waals surface area contributed by atoms with Crippen LogP contribution in [0.25, 0.3) is 0 Å². The number of halogens is 1. The maximum absolute atomic E-state index is 12.0. The van der Waals surface area contributed by atoms with Crippen molar-refractivity contribution in [1.29, 1.82) is 0 Å². The first-order chi connectivity index (χ1) is 10.2. The van der Waals surface area contributed by atoms with Gasteiger partial charge in [0.1, 0.15) is 12.7 Å². The third-order valence-corrected chi connectivity index (χ3v) is 3.38. The van der Waals surface area contributed by atoms with Crippen LogP contribution in [-0.2, 0) is 0 Å². The number of ether oxygens (including phenoxy) is 2. The molecule has 3 rings (SSSR count). The van der Waals surface area contributed by atoms with E-state index in [2.05, 4.69) is 5.32 Å². The molecular formula is C16H14ClNO3. The van der Waals surface area contributed by atoms with Crippen LogP contribution in [0.5, 0.6) is 11.5 Å². The lowest BCUT2D eigenvalue weighted by atomic mass is 10.2. The molecule has 0 unspecified atom stereocenters. The summed E-state index contributed by atoms with van der Waals surface area (Å²) in [5, 5.41) is 3.36. The van der Waals surface area contributed by atoms with Crippen LogP contribution in [0.1, 0.15) is 10.4 Å². The number of para-hydroxylation sites is 2. The first-order valence-corrected chi connectivity index (χ1v) is 7.02. The summed E-state index contributed by atoms with van der Waals surface area (Å²) < 4.78 is 11.4. The van der Waals surface area contributed by atoms with Crippen LogP contribution < -0.4 is 14.8 Å². The van der Waals surface area contributed by atoms with Crippen molar-refractivity contribution in [2.45, 2.75) is 6.10 Å². The molecule has 0 spiro atoms. The van der Waals surface area contributed by atoms with Crippen LogP contribution in [0.15, 0.2) is 48.5 Å². The highest BCUT2D eigenvalue weighted by Crippen LogP contribution is 2.30. The normalized spacial score (nSPS) is 16.3. The molecule has 1 aliphatic heterocycles. The molecule has 2 aromatic rings. The highest BCUT2D eigenvalue weighted by molar-refractivity contribution is 6.30. The number of carbonyl (C=O) groups is 1. The van der Waals surface area contributed by atoms with Crippen LogP contribution in [0.3, 0.4) is 0 Å². The first kappa shape index (κ1) is 13.8. The van der Waals surface area contributed by atoms with Crippen molar-refractivity contribution < 1.29 is 14.3 Å². The predicted molar refractivity (Wildman–Crippen MR) is 80.1 cm³/mol. The summed E-state index contributed by atoms with van der Waals surface area (Å²) in [6.07, 6.45) is -0.206. The van der Waals surface area contributed by atoms with Gasteiger partial charge in [-0.05, 0) is 30.3 Å². The number of amides is 1. The van der Waals surface area contributed by atoms with Gasteiger partial charge in [-0.2, -0.15) is 0 Å². The van der Waals surface area contributed by atoms with Crippen LogP contribution in [-0.4, -0.2) is 25.2 Å². The Bertz CT molecular complexity index is 659. The minimum absolute atomic E-state index is 0.181. The molecule has 1 heterocycles. The first-order valence-electron chi connectivity index (χ1n) is 6.64. The summed E-state index contributed by atoms with van der Waals surface area (Å²) in [7, 11) is 0. The minimum Gasteiger partial charge on any atom is -0.486 e. The fourth-order valence-corrected chi connectivity index (χ4v) is 2.29. The maximum atomic E-state index is 12.0. The molecule has 21 heavy (non-hydrogen) atoms. The van der Waals surface area contributed by atoms with Gasteiger partial charge >= 0.3 is 0 Å². The summed E-state index contributed by atoms with van der Waals surface area (Å²) in [6, 6.07) is 14.3. The average molecular weight is 304 g/mol. The number of hydrogen-bond donors (Lipinski definition) is 1. The Morgan fingerprint density at radius 3 is 2.81 bits per heavy atom. The van der Waals surface area contributed by atoms with Gasteiger partial charge in [-0.15, -0.1) is 0 Å². The Morgan fingerprint density at radius 1 is 1.19 bits per heavy atom. The molecule has 0 saturated heterocycles. The van der Waals surface area contributed by atoms with Crippen molar-refractivity contribution in [1.82, 2.24) is 5.32 Å². The lowest BCUT2D eigenvalue weighted by Crippen LogP contribution is -2.40. The van der Waals surface area contributed by atoms with E-state index >= 15 is 0 Å². The molecule has 1 N–H and O–H groups in total. The number of benzene rings is 2. The van der Waals surface area contributed by atoms with Crippen LogP contribution in [0, 0.1) is 0 Å². The van der Waals surface area contributed by atoms with Crippen molar-refractivity contribution in [3.63, 3.8) is 0 Å². The average Bonchev–Trinajstić information content (AvgIpc) is 2.52. The van der Waals surface area contributed by atoms with E-state index in [1.807, 2.05) is 24.3 Å². The lowest BCUT2D eigenvalue weighted by Gasteiger charge is -2.26. The molecule has 0 radical (unpaired) electrons. The van der Waals surface area contributed by atoms with Crippen molar-refractivity contribution in [3.05, 3.63) is 59.1 Å². The monoisotopic (exact) mass is 303 g/mol. The summed E-state index contributed by atoms with van der Waals surface area (Å²) >= 11 is 5.87. The Morgan fingerprint density at radius 2 is 2.00 bits per heavy atom. The molecule has 1 atom stereocenters. The largest absolute Gasteiger partial charge is 0.486 e. The predicted octanol–water partition coefficient (Wildman–Crippen LogP) is 2.91. The molecule has 0 saturated carbocycles. The lowest BCUT2D eigenvalue weighted by molar-refractivity contribution is 0.0789. The third-order valence-electron chi connectivity index (χ3n) is 3.14. The van der Waals surface area contributed by atoms with E-state index < -0.39 is 0 Å². The second-order valence-electron chi connectivity index (χ2n) is 4.72. The molecule has 108 valence electrons. The second-order valence-corrected chi connectivity index (χ2v) is 5.15. The summed E-state index contributed by atoms with van der Waals surface area (Å²) in [4.78, 5) is 12.0. The standard InChI is InChI=1S/C16H14ClNO3/c17-12-5-3-4-11(8-12)16(19)18-9-13-10-20-14-6-1-2-7-15(14)21-13/h1-8,13H,9-10H2,(H,18,19)/t13-/m1/s1. The molecule has 1 aliphatic rings. The summed E-state index contributed by atoms with van der Waals surface area (Å²) in [5.74, 6) is 1.25. The quantitative estimate of drug-likeness (QED) is 0.948. The molecule has 0 bridgehead atoms. The fraction of sp³-hybridized carbons (Fsp3) is 0.188. The van der Waals surface area contributed by atoms with E-state index in [-0.39, 0.29) is 12.0 Å². The van der Waals surface area contributed by atoms with Crippen LogP contribution >= 0.6 is 11.6 Å². The Balaban J connectivity index is 1.58. The molecule has 1 amide bonds. The van der Waals surface area contributed by atoms with Crippen molar-refractivity contribution in [2.75, 3.05) is 13.2 Å². The third kappa shape index (κ3) is 3.28. The van der Waals surface area contributed by atoms with Gasteiger partial charge in [0.05, 0.1) is 6.54 Å². The van der Waals surface area contributed by atoms with E-state index in [1.165, 1.54) is 0 Å². The van der Waals surface area contributed by atoms with Gasteiger partial charge in [0.15, 0.2) is 11.5 Å². The van der Waals surface area contributed by atoms with Gasteiger partial charge < -0.3 is 14.8 Å². The van der Waals surface area contributed by atoms with E-state index in [1.54, 1.807) is 24.3 Å². The highest BCUT2D eigenvalue weighted by atomic mass is 35.5. The van der Waals surface area contributed by atoms with Crippen molar-refractivity contribution in [2.24, 2.45) is 0 Å². The molecular weight excluding hydrogens is 290 g/mol. The fourth-order valence-electron chi connectivity index (χ4n) is 2.10. The van der Waals surface area contributed by atoms with E-state index in [9.17, 15) is 4.79 Å². The topological polar surface area (TPSA) is 47.6 Å². The number of nitrogens with one attached hydrogen (secondary N) is 1. The van der Waals surface area contributed by atoms with E-state index in [4.69, 9.17) is 21.1 Å². The summed E-state index contributed by atoms with van der Waals surface area (Å²) in [5.41, 5.74) is 0.527. The van der Waals surface area contributed by atoms with E-state index in [0.29, 0.717) is 29.5 Å². The molecule has 0 aromatic heterocycles. The number of carbonyl (C=O) groups excluding carboxylic acids is 1. The molecule has 0 fully saturated rings. The van der Waals surface area contributed by atoms with E-state index in [0.717, 1.165) is 5.75 Å². The van der Waals surface area contributed by atoms with Crippen LogP contribution in [0.2, 0.25) is 5.02 Å². The van der Waals surface area contributed by atoms with Gasteiger partial charge in [-0.25, -0.2) is 0 Å². The zero-order valence-electron chi connectivity index (χ0n) is 11.2. The molecule has 2 aromatic carbocycles. The Labute approximate surface area is 127 Å². The Kier molecular flexibility index (Phi) is 3.97. The minimum atomic E-state index is -0.206. The number of hydrogen-bond acceptors (Lipinski definition) is 3. The summed E-state index contributed by atoms with van der Waals surface area (Å²) in [6.45, 7) is 0.784. The molecule has 5 heteroatoms. The van der Waals surface area contributed by atoms with Crippen molar-refractivity contribution >= 4 is 17.5 Å². The van der Waals surface area contributed by atoms with Gasteiger partial charge in [0.2, 0.25) is 0 Å². The SMILES string of the molecule is O=C(NC[C@@H]1COc2ccccc2O1)c1cccc(Cl)c1. The van der Waals surface area contributed by atoms with Crippen LogP contribution in [0.4, 0.5) is 0 Å². The van der Waals surface area contributed by atoms with Gasteiger partial charge in [-0.3, -0.25) is 4.79 Å². The number of fused-ring (bicyclic) bond motifs is 1. The second kappa shape index (κ2) is 6.06. The van der Waals surface area contributed by atoms with Gasteiger partial charge in [0.25, 0.3) is 5.91 Å². The Hall–Kier alpha value is -2.20. The molecule has 0 aliphatic carbocycles. The van der Waals surface area contributed by atoms with Gasteiger partial charge in [-0.1, -0.05) is 29.8 Å². The highest BCUT2D eigenvalue weighted by Gasteiger charge is 2.21. The van der Waals surface area contributed by atoms with Gasteiger partial charge in [0, 0.05) is 10.6 Å². The molecule has 4 nitrogen and oxygen atoms in total.